The summed E-state index contributed by atoms with van der Waals surface area (Å²) in [6, 6.07) is 4.88. The molecule has 0 saturated carbocycles. The first-order valence-electron chi connectivity index (χ1n) is 5.63. The van der Waals surface area contributed by atoms with E-state index in [2.05, 4.69) is 6.92 Å². The molecule has 0 bridgehead atoms. The fraction of sp³-hybridized carbons (Fsp3) is 0.462. The highest BCUT2D eigenvalue weighted by atomic mass is 16.5. The quantitative estimate of drug-likeness (QED) is 0.473. The van der Waals surface area contributed by atoms with E-state index in [0.717, 1.165) is 24.8 Å². The SMILES string of the molecule is CCCCCC(=O)Oc1ccc(C)c(O)c1. The van der Waals surface area contributed by atoms with Gasteiger partial charge >= 0.3 is 5.97 Å². The Morgan fingerprint density at radius 3 is 2.75 bits per heavy atom. The molecule has 0 spiro atoms. The Morgan fingerprint density at radius 2 is 2.12 bits per heavy atom. The second kappa shape index (κ2) is 6.16. The zero-order valence-electron chi connectivity index (χ0n) is 9.82. The van der Waals surface area contributed by atoms with Crippen molar-refractivity contribution in [3.8, 4) is 11.5 Å². The van der Waals surface area contributed by atoms with Crippen molar-refractivity contribution in [3.05, 3.63) is 23.8 Å². The molecule has 0 amide bonds. The Bertz CT molecular complexity index is 358. The number of benzene rings is 1. The Hall–Kier alpha value is -1.51. The standard InChI is InChI=1S/C13H18O3/c1-3-4-5-6-13(15)16-11-8-7-10(2)12(14)9-11/h7-9,14H,3-6H2,1-2H3. The van der Waals surface area contributed by atoms with Crippen molar-refractivity contribution in [2.75, 3.05) is 0 Å². The summed E-state index contributed by atoms with van der Waals surface area (Å²) >= 11 is 0. The van der Waals surface area contributed by atoms with Crippen LogP contribution in [0.2, 0.25) is 0 Å². The number of phenolic OH excluding ortho intramolecular Hbond substituents is 1. The predicted octanol–water partition coefficient (Wildman–Crippen LogP) is 3.19. The van der Waals surface area contributed by atoms with Gasteiger partial charge in [-0.1, -0.05) is 25.8 Å². The van der Waals surface area contributed by atoms with Crippen LogP contribution in [0.5, 0.6) is 11.5 Å². The number of esters is 1. The lowest BCUT2D eigenvalue weighted by molar-refractivity contribution is -0.134. The summed E-state index contributed by atoms with van der Waals surface area (Å²) in [6.45, 7) is 3.88. The number of rotatable bonds is 5. The normalized spacial score (nSPS) is 10.1. The third-order valence-corrected chi connectivity index (χ3v) is 2.40. The molecule has 3 nitrogen and oxygen atoms in total. The first kappa shape index (κ1) is 12.6. The van der Waals surface area contributed by atoms with Crippen molar-refractivity contribution in [1.29, 1.82) is 0 Å². The number of aryl methyl sites for hydroxylation is 1. The predicted molar refractivity (Wildman–Crippen MR) is 62.6 cm³/mol. The van der Waals surface area contributed by atoms with Crippen molar-refractivity contribution < 1.29 is 14.6 Å². The van der Waals surface area contributed by atoms with E-state index in [1.54, 1.807) is 19.1 Å². The summed E-state index contributed by atoms with van der Waals surface area (Å²) < 4.78 is 5.10. The summed E-state index contributed by atoms with van der Waals surface area (Å²) in [6.07, 6.45) is 3.41. The monoisotopic (exact) mass is 222 g/mol. The minimum Gasteiger partial charge on any atom is -0.508 e. The minimum absolute atomic E-state index is 0.152. The summed E-state index contributed by atoms with van der Waals surface area (Å²) in [5.41, 5.74) is 0.769. The van der Waals surface area contributed by atoms with Crippen molar-refractivity contribution in [3.63, 3.8) is 0 Å². The molecule has 0 atom stereocenters. The summed E-state index contributed by atoms with van der Waals surface area (Å²) in [5, 5.41) is 9.44. The van der Waals surface area contributed by atoms with E-state index < -0.39 is 0 Å². The van der Waals surface area contributed by atoms with Crippen LogP contribution in [-0.4, -0.2) is 11.1 Å². The van der Waals surface area contributed by atoms with Crippen molar-refractivity contribution in [1.82, 2.24) is 0 Å². The summed E-state index contributed by atoms with van der Waals surface area (Å²) in [7, 11) is 0. The van der Waals surface area contributed by atoms with Gasteiger partial charge < -0.3 is 9.84 Å². The van der Waals surface area contributed by atoms with Crippen LogP contribution in [0.25, 0.3) is 0 Å². The van der Waals surface area contributed by atoms with Crippen LogP contribution < -0.4 is 4.74 Å². The van der Waals surface area contributed by atoms with Crippen molar-refractivity contribution >= 4 is 5.97 Å². The Labute approximate surface area is 96.1 Å². The Kier molecular flexibility index (Phi) is 4.83. The molecule has 3 heteroatoms. The number of phenols is 1. The smallest absolute Gasteiger partial charge is 0.311 e. The van der Waals surface area contributed by atoms with Gasteiger partial charge in [-0.15, -0.1) is 0 Å². The number of carbonyl (C=O) groups is 1. The Balaban J connectivity index is 2.46. The fourth-order valence-electron chi connectivity index (χ4n) is 1.35. The van der Waals surface area contributed by atoms with Gasteiger partial charge in [-0.3, -0.25) is 4.79 Å². The molecule has 0 aliphatic carbocycles. The molecule has 1 aromatic carbocycles. The molecule has 88 valence electrons. The molecule has 0 aromatic heterocycles. The van der Waals surface area contributed by atoms with Gasteiger partial charge in [0.15, 0.2) is 0 Å². The van der Waals surface area contributed by atoms with Crippen LogP contribution in [0.4, 0.5) is 0 Å². The van der Waals surface area contributed by atoms with E-state index in [1.165, 1.54) is 6.07 Å². The molecule has 0 radical (unpaired) electrons. The lowest BCUT2D eigenvalue weighted by Crippen LogP contribution is -2.07. The van der Waals surface area contributed by atoms with Crippen LogP contribution >= 0.6 is 0 Å². The average Bonchev–Trinajstić information content (AvgIpc) is 2.24. The van der Waals surface area contributed by atoms with Gasteiger partial charge in [-0.2, -0.15) is 0 Å². The lowest BCUT2D eigenvalue weighted by Gasteiger charge is -2.05. The third-order valence-electron chi connectivity index (χ3n) is 2.40. The first-order valence-corrected chi connectivity index (χ1v) is 5.63. The number of ether oxygens (including phenoxy) is 1. The molecule has 16 heavy (non-hydrogen) atoms. The maximum atomic E-state index is 11.4. The van der Waals surface area contributed by atoms with Gasteiger partial charge in [0.05, 0.1) is 0 Å². The molecular weight excluding hydrogens is 204 g/mol. The van der Waals surface area contributed by atoms with Crippen LogP contribution in [0, 0.1) is 6.92 Å². The van der Waals surface area contributed by atoms with Gasteiger partial charge in [0.25, 0.3) is 0 Å². The summed E-state index contributed by atoms with van der Waals surface area (Å²) in [5.74, 6) is 0.320. The molecule has 1 N–H and O–H groups in total. The van der Waals surface area contributed by atoms with Gasteiger partial charge in [-0.05, 0) is 25.0 Å². The fourth-order valence-corrected chi connectivity index (χ4v) is 1.35. The van der Waals surface area contributed by atoms with E-state index in [0.29, 0.717) is 12.2 Å². The number of unbranched alkanes of at least 4 members (excludes halogenated alkanes) is 2. The zero-order valence-corrected chi connectivity index (χ0v) is 9.82. The first-order chi connectivity index (χ1) is 7.63. The van der Waals surface area contributed by atoms with E-state index >= 15 is 0 Å². The topological polar surface area (TPSA) is 46.5 Å². The van der Waals surface area contributed by atoms with E-state index in [4.69, 9.17) is 4.74 Å². The maximum Gasteiger partial charge on any atom is 0.311 e. The maximum absolute atomic E-state index is 11.4. The average molecular weight is 222 g/mol. The van der Waals surface area contributed by atoms with Crippen LogP contribution in [0.15, 0.2) is 18.2 Å². The van der Waals surface area contributed by atoms with Crippen molar-refractivity contribution in [2.45, 2.75) is 39.5 Å². The van der Waals surface area contributed by atoms with Gasteiger partial charge in [0, 0.05) is 12.5 Å². The molecule has 1 aromatic rings. The largest absolute Gasteiger partial charge is 0.508 e. The zero-order chi connectivity index (χ0) is 12.0. The lowest BCUT2D eigenvalue weighted by atomic mass is 10.2. The van der Waals surface area contributed by atoms with Gasteiger partial charge in [0.1, 0.15) is 11.5 Å². The highest BCUT2D eigenvalue weighted by molar-refractivity contribution is 5.72. The highest BCUT2D eigenvalue weighted by Gasteiger charge is 2.05. The molecular formula is C13H18O3. The number of hydrogen-bond donors (Lipinski definition) is 1. The van der Waals surface area contributed by atoms with E-state index in [-0.39, 0.29) is 11.7 Å². The van der Waals surface area contributed by atoms with Crippen LogP contribution in [0.3, 0.4) is 0 Å². The third kappa shape index (κ3) is 3.93. The second-order valence-electron chi connectivity index (χ2n) is 3.88. The molecule has 0 saturated heterocycles. The van der Waals surface area contributed by atoms with Crippen LogP contribution in [0.1, 0.15) is 38.2 Å². The number of carbonyl (C=O) groups excluding carboxylic acids is 1. The number of aromatic hydroxyl groups is 1. The molecule has 1 rings (SSSR count). The second-order valence-corrected chi connectivity index (χ2v) is 3.88. The molecule has 0 aliphatic heterocycles. The van der Waals surface area contributed by atoms with Gasteiger partial charge in [0.2, 0.25) is 0 Å². The molecule has 0 aliphatic rings. The van der Waals surface area contributed by atoms with E-state index in [9.17, 15) is 9.90 Å². The van der Waals surface area contributed by atoms with Crippen molar-refractivity contribution in [2.24, 2.45) is 0 Å². The summed E-state index contributed by atoms with van der Waals surface area (Å²) in [4.78, 5) is 11.4. The van der Waals surface area contributed by atoms with Gasteiger partial charge in [-0.25, -0.2) is 0 Å². The minimum atomic E-state index is -0.239. The molecule has 0 fully saturated rings. The highest BCUT2D eigenvalue weighted by Crippen LogP contribution is 2.22. The molecule has 0 heterocycles. The van der Waals surface area contributed by atoms with Crippen LogP contribution in [-0.2, 0) is 4.79 Å². The molecule has 0 unspecified atom stereocenters. The van der Waals surface area contributed by atoms with E-state index in [1.807, 2.05) is 0 Å². The Morgan fingerprint density at radius 1 is 1.38 bits per heavy atom. The number of hydrogen-bond acceptors (Lipinski definition) is 3.